The van der Waals surface area contributed by atoms with Crippen LogP contribution in [0.2, 0.25) is 5.02 Å². The highest BCUT2D eigenvalue weighted by Crippen LogP contribution is 2.56. The maximum Gasteiger partial charge on any atom is 0.408 e. The maximum atomic E-state index is 13.9. The standard InChI is InChI=1S/C30H47ClN3O9P/c1-5-42-44(40,43-6-2)27(37)30(39,17-13-25(35)34(3)4)33-26(36)24(19-29-14-10-21(11-15-29)12-16-29)32-28(38)41-20-22-8-7-9-23(31)18-22/h7-9,18,21,24,27,37,39H,5-6,10-17,19-20H2,1-4H3,(H,32,38)(H,33,36). The molecule has 14 heteroatoms. The van der Waals surface area contributed by atoms with Crippen LogP contribution in [0.15, 0.2) is 24.3 Å². The molecule has 44 heavy (non-hydrogen) atoms. The molecular weight excluding hydrogens is 613 g/mol. The second-order valence-electron chi connectivity index (χ2n) is 12.0. The third kappa shape index (κ3) is 9.64. The third-order valence-electron chi connectivity index (χ3n) is 8.66. The monoisotopic (exact) mass is 659 g/mol. The van der Waals surface area contributed by atoms with Gasteiger partial charge in [0.25, 0.3) is 0 Å². The van der Waals surface area contributed by atoms with Crippen LogP contribution in [0, 0.1) is 11.3 Å². The fourth-order valence-corrected chi connectivity index (χ4v) is 8.13. The second kappa shape index (κ2) is 15.9. The molecule has 3 atom stereocenters. The van der Waals surface area contributed by atoms with E-state index in [0.29, 0.717) is 16.5 Å². The minimum Gasteiger partial charge on any atom is -0.445 e. The number of carbonyl (C=O) groups excluding carboxylic acids is 3. The average Bonchev–Trinajstić information content (AvgIpc) is 2.99. The normalized spacial score (nSPS) is 22.4. The van der Waals surface area contributed by atoms with Crippen molar-refractivity contribution >= 4 is 37.1 Å². The minimum atomic E-state index is -4.38. The molecule has 3 amide bonds. The van der Waals surface area contributed by atoms with E-state index in [1.54, 1.807) is 38.1 Å². The molecule has 4 rings (SSSR count). The first-order valence-electron chi connectivity index (χ1n) is 15.2. The zero-order valence-electron chi connectivity index (χ0n) is 26.1. The van der Waals surface area contributed by atoms with Crippen LogP contribution in [0.5, 0.6) is 0 Å². The Balaban J connectivity index is 1.87. The summed E-state index contributed by atoms with van der Waals surface area (Å²) in [6.45, 7) is 2.77. The number of halogens is 1. The summed E-state index contributed by atoms with van der Waals surface area (Å²) in [6, 6.07) is 5.66. The molecule has 3 fully saturated rings. The summed E-state index contributed by atoms with van der Waals surface area (Å²) < 4.78 is 29.4. The molecule has 3 saturated carbocycles. The number of carbonyl (C=O) groups is 3. The Morgan fingerprint density at radius 3 is 2.30 bits per heavy atom. The number of hydrogen-bond donors (Lipinski definition) is 4. The van der Waals surface area contributed by atoms with Crippen LogP contribution in [-0.4, -0.2) is 77.9 Å². The number of nitrogens with one attached hydrogen (secondary N) is 2. The quantitative estimate of drug-likeness (QED) is 0.147. The fourth-order valence-electron chi connectivity index (χ4n) is 6.12. The fraction of sp³-hybridized carbons (Fsp3) is 0.700. The lowest BCUT2D eigenvalue weighted by Crippen LogP contribution is -2.62. The predicted molar refractivity (Wildman–Crippen MR) is 165 cm³/mol. The lowest BCUT2D eigenvalue weighted by Gasteiger charge is -2.48. The molecule has 0 heterocycles. The molecule has 12 nitrogen and oxygen atoms in total. The molecule has 0 aliphatic heterocycles. The van der Waals surface area contributed by atoms with Gasteiger partial charge in [-0.2, -0.15) is 0 Å². The summed E-state index contributed by atoms with van der Waals surface area (Å²) in [5.41, 5.74) is -2.14. The van der Waals surface area contributed by atoms with Crippen LogP contribution in [0.4, 0.5) is 4.79 Å². The molecular formula is C30H47ClN3O9P. The van der Waals surface area contributed by atoms with Crippen LogP contribution in [0.25, 0.3) is 0 Å². The Morgan fingerprint density at radius 2 is 1.75 bits per heavy atom. The number of ether oxygens (including phenoxy) is 1. The number of aliphatic hydroxyl groups is 2. The van der Waals surface area contributed by atoms with Gasteiger partial charge in [-0.25, -0.2) is 4.79 Å². The van der Waals surface area contributed by atoms with E-state index in [-0.39, 0.29) is 38.1 Å². The Hall–Kier alpha value is -2.21. The van der Waals surface area contributed by atoms with Gasteiger partial charge in [-0.15, -0.1) is 0 Å². The number of fused-ring (bicyclic) bond motifs is 3. The third-order valence-corrected chi connectivity index (χ3v) is 11.2. The van der Waals surface area contributed by atoms with E-state index in [1.165, 1.54) is 19.0 Å². The summed E-state index contributed by atoms with van der Waals surface area (Å²) in [5, 5.41) is 28.5. The minimum absolute atomic E-state index is 0.0885. The summed E-state index contributed by atoms with van der Waals surface area (Å²) in [4.78, 5) is 40.7. The van der Waals surface area contributed by atoms with E-state index in [9.17, 15) is 29.2 Å². The van der Waals surface area contributed by atoms with Crippen LogP contribution in [0.3, 0.4) is 0 Å². The number of rotatable bonds is 16. The smallest absolute Gasteiger partial charge is 0.408 e. The number of nitrogens with zero attached hydrogens (tertiary/aromatic N) is 1. The number of amides is 3. The van der Waals surface area contributed by atoms with E-state index in [2.05, 4.69) is 10.6 Å². The molecule has 3 unspecified atom stereocenters. The highest BCUT2D eigenvalue weighted by atomic mass is 35.5. The Bertz CT molecular complexity index is 1170. The SMILES string of the molecule is CCOP(=O)(OCC)C(O)C(O)(CCC(=O)N(C)C)NC(=O)C(CC12CCC(CC1)CC2)NC(=O)OCc1cccc(Cl)c1. The molecule has 3 aliphatic carbocycles. The Labute approximate surface area is 264 Å². The molecule has 4 N–H and O–H groups in total. The summed E-state index contributed by atoms with van der Waals surface area (Å²) in [7, 11) is -1.34. The van der Waals surface area contributed by atoms with E-state index in [1.807, 2.05) is 0 Å². The molecule has 0 radical (unpaired) electrons. The highest BCUT2D eigenvalue weighted by molar-refractivity contribution is 7.54. The first-order chi connectivity index (χ1) is 20.7. The van der Waals surface area contributed by atoms with Crippen LogP contribution >= 0.6 is 19.2 Å². The van der Waals surface area contributed by atoms with Gasteiger partial charge in [-0.05, 0) is 87.8 Å². The number of benzene rings is 1. The van der Waals surface area contributed by atoms with Crippen LogP contribution in [0.1, 0.15) is 77.2 Å². The molecule has 0 aromatic heterocycles. The molecule has 1 aromatic rings. The van der Waals surface area contributed by atoms with E-state index < -0.39 is 49.5 Å². The zero-order valence-corrected chi connectivity index (χ0v) is 27.7. The molecule has 248 valence electrons. The van der Waals surface area contributed by atoms with Gasteiger partial charge in [-0.3, -0.25) is 14.2 Å². The van der Waals surface area contributed by atoms with Crippen molar-refractivity contribution in [3.8, 4) is 0 Å². The van der Waals surface area contributed by atoms with Gasteiger partial charge in [0.2, 0.25) is 17.7 Å². The largest absolute Gasteiger partial charge is 0.445 e. The van der Waals surface area contributed by atoms with Gasteiger partial charge < -0.3 is 39.5 Å². The van der Waals surface area contributed by atoms with Crippen molar-refractivity contribution in [1.82, 2.24) is 15.5 Å². The van der Waals surface area contributed by atoms with Crippen molar-refractivity contribution in [2.45, 2.75) is 95.9 Å². The van der Waals surface area contributed by atoms with Crippen molar-refractivity contribution in [1.29, 1.82) is 0 Å². The van der Waals surface area contributed by atoms with E-state index in [4.69, 9.17) is 25.4 Å². The molecule has 1 aromatic carbocycles. The highest BCUT2D eigenvalue weighted by Gasteiger charge is 2.52. The summed E-state index contributed by atoms with van der Waals surface area (Å²) in [6.07, 6.45) is 4.42. The summed E-state index contributed by atoms with van der Waals surface area (Å²) >= 11 is 6.04. The maximum absolute atomic E-state index is 13.9. The van der Waals surface area contributed by atoms with Crippen molar-refractivity contribution in [2.75, 3.05) is 27.3 Å². The first-order valence-corrected chi connectivity index (χ1v) is 17.2. The van der Waals surface area contributed by atoms with E-state index >= 15 is 0 Å². The van der Waals surface area contributed by atoms with Gasteiger partial charge in [0.05, 0.1) is 13.2 Å². The molecule has 2 bridgehead atoms. The van der Waals surface area contributed by atoms with Gasteiger partial charge in [0.1, 0.15) is 12.6 Å². The Morgan fingerprint density at radius 1 is 1.14 bits per heavy atom. The van der Waals surface area contributed by atoms with Crippen molar-refractivity contribution in [3.05, 3.63) is 34.9 Å². The summed E-state index contributed by atoms with van der Waals surface area (Å²) in [5.74, 6) is -2.79. The van der Waals surface area contributed by atoms with Gasteiger partial charge in [0.15, 0.2) is 5.72 Å². The molecule has 0 saturated heterocycles. The van der Waals surface area contributed by atoms with Crippen LogP contribution in [-0.2, 0) is 34.5 Å². The number of aliphatic hydroxyl groups excluding tert-OH is 1. The van der Waals surface area contributed by atoms with Crippen molar-refractivity contribution < 1.29 is 42.9 Å². The second-order valence-corrected chi connectivity index (χ2v) is 14.6. The van der Waals surface area contributed by atoms with Crippen molar-refractivity contribution in [2.24, 2.45) is 11.3 Å². The average molecular weight is 660 g/mol. The van der Waals surface area contributed by atoms with Gasteiger partial charge >= 0.3 is 13.7 Å². The topological polar surface area (TPSA) is 164 Å². The lowest BCUT2D eigenvalue weighted by molar-refractivity contribution is -0.143. The van der Waals surface area contributed by atoms with Crippen LogP contribution < -0.4 is 10.6 Å². The Kier molecular flexibility index (Phi) is 13.1. The zero-order chi connectivity index (χ0) is 32.5. The number of alkyl carbamates (subject to hydrolysis) is 1. The van der Waals surface area contributed by atoms with Gasteiger partial charge in [0, 0.05) is 32.0 Å². The predicted octanol–water partition coefficient (Wildman–Crippen LogP) is 4.55. The molecule has 0 spiro atoms. The molecule has 3 aliphatic rings. The number of hydrogen-bond acceptors (Lipinski definition) is 9. The van der Waals surface area contributed by atoms with Gasteiger partial charge in [-0.1, -0.05) is 23.7 Å². The first kappa shape index (κ1) is 36.3. The van der Waals surface area contributed by atoms with Crippen molar-refractivity contribution in [3.63, 3.8) is 0 Å². The van der Waals surface area contributed by atoms with E-state index in [0.717, 1.165) is 38.5 Å². The lowest BCUT2D eigenvalue weighted by atomic mass is 9.58.